The van der Waals surface area contributed by atoms with Gasteiger partial charge in [0.2, 0.25) is 0 Å². The number of benzene rings is 1. The molecule has 1 fully saturated rings. The summed E-state index contributed by atoms with van der Waals surface area (Å²) in [7, 11) is 0. The lowest BCUT2D eigenvalue weighted by Crippen LogP contribution is -2.29. The van der Waals surface area contributed by atoms with Crippen molar-refractivity contribution in [3.8, 4) is 5.75 Å². The standard InChI is InChI=1S/C19H19NO2/c21-19(20-12-16-6-1-2-7-17(16)13-20)15-9-10-22-18-8-4-3-5-14(18)11-15/h1-5,8-11,16-17H,6-7,12-13H2/t16-,17+. The number of para-hydroxylation sites is 1. The van der Waals surface area contributed by atoms with Crippen LogP contribution in [-0.2, 0) is 4.79 Å². The molecule has 0 saturated carbocycles. The second-order valence-corrected chi connectivity index (χ2v) is 6.23. The zero-order valence-corrected chi connectivity index (χ0v) is 12.4. The summed E-state index contributed by atoms with van der Waals surface area (Å²) >= 11 is 0. The van der Waals surface area contributed by atoms with Crippen LogP contribution in [0.1, 0.15) is 18.4 Å². The van der Waals surface area contributed by atoms with Crippen molar-refractivity contribution in [2.75, 3.05) is 13.1 Å². The number of amides is 1. The minimum absolute atomic E-state index is 0.117. The summed E-state index contributed by atoms with van der Waals surface area (Å²) in [4.78, 5) is 14.8. The van der Waals surface area contributed by atoms with Crippen molar-refractivity contribution in [2.24, 2.45) is 11.8 Å². The van der Waals surface area contributed by atoms with E-state index in [2.05, 4.69) is 12.2 Å². The molecule has 2 atom stereocenters. The number of carbonyl (C=O) groups excluding carboxylic acids is 1. The summed E-state index contributed by atoms with van der Waals surface area (Å²) in [6.45, 7) is 1.75. The van der Waals surface area contributed by atoms with Crippen LogP contribution in [0.3, 0.4) is 0 Å². The molecule has 1 aliphatic carbocycles. The van der Waals surface area contributed by atoms with E-state index in [1.165, 1.54) is 0 Å². The van der Waals surface area contributed by atoms with Gasteiger partial charge >= 0.3 is 0 Å². The number of rotatable bonds is 1. The first-order valence-corrected chi connectivity index (χ1v) is 7.89. The molecule has 3 heteroatoms. The van der Waals surface area contributed by atoms with Crippen LogP contribution in [0.2, 0.25) is 0 Å². The van der Waals surface area contributed by atoms with Gasteiger partial charge in [-0.1, -0.05) is 30.4 Å². The zero-order chi connectivity index (χ0) is 14.9. The van der Waals surface area contributed by atoms with Gasteiger partial charge in [-0.3, -0.25) is 4.79 Å². The minimum atomic E-state index is 0.117. The predicted octanol–water partition coefficient (Wildman–Crippen LogP) is 3.40. The zero-order valence-electron chi connectivity index (χ0n) is 12.4. The van der Waals surface area contributed by atoms with Crippen molar-refractivity contribution in [3.05, 3.63) is 59.9 Å². The first kappa shape index (κ1) is 13.4. The van der Waals surface area contributed by atoms with Crippen LogP contribution in [0.5, 0.6) is 5.75 Å². The minimum Gasteiger partial charge on any atom is -0.464 e. The maximum atomic E-state index is 12.8. The summed E-state index contributed by atoms with van der Waals surface area (Å²) < 4.78 is 5.57. The van der Waals surface area contributed by atoms with Gasteiger partial charge in [0.25, 0.3) is 5.91 Å². The molecule has 0 radical (unpaired) electrons. The van der Waals surface area contributed by atoms with Crippen LogP contribution in [0.4, 0.5) is 0 Å². The third-order valence-electron chi connectivity index (χ3n) is 4.83. The molecule has 0 N–H and O–H groups in total. The van der Waals surface area contributed by atoms with Crippen molar-refractivity contribution in [1.29, 1.82) is 0 Å². The van der Waals surface area contributed by atoms with Crippen molar-refractivity contribution in [3.63, 3.8) is 0 Å². The number of carbonyl (C=O) groups is 1. The highest BCUT2D eigenvalue weighted by atomic mass is 16.5. The Morgan fingerprint density at radius 2 is 1.82 bits per heavy atom. The molecule has 1 amide bonds. The Balaban J connectivity index is 1.57. The van der Waals surface area contributed by atoms with Crippen molar-refractivity contribution in [1.82, 2.24) is 4.90 Å². The highest BCUT2D eigenvalue weighted by Crippen LogP contribution is 2.34. The van der Waals surface area contributed by atoms with Gasteiger partial charge in [0, 0.05) is 24.2 Å². The largest absolute Gasteiger partial charge is 0.464 e. The predicted molar refractivity (Wildman–Crippen MR) is 86.1 cm³/mol. The molecule has 2 aliphatic heterocycles. The number of hydrogen-bond donors (Lipinski definition) is 0. The van der Waals surface area contributed by atoms with Gasteiger partial charge in [-0.05, 0) is 42.9 Å². The SMILES string of the molecule is O=C(C1=Cc2ccccc2OC=C1)N1C[C@H]2CC=CC[C@H]2C1. The van der Waals surface area contributed by atoms with E-state index in [1.54, 1.807) is 12.3 Å². The molecule has 2 heterocycles. The van der Waals surface area contributed by atoms with Crippen molar-refractivity contribution >= 4 is 12.0 Å². The topological polar surface area (TPSA) is 29.5 Å². The maximum absolute atomic E-state index is 12.8. The van der Waals surface area contributed by atoms with Crippen LogP contribution < -0.4 is 4.74 Å². The van der Waals surface area contributed by atoms with Gasteiger partial charge in [-0.15, -0.1) is 0 Å². The number of allylic oxidation sites excluding steroid dienone is 2. The van der Waals surface area contributed by atoms with Gasteiger partial charge < -0.3 is 9.64 Å². The lowest BCUT2D eigenvalue weighted by molar-refractivity contribution is -0.125. The highest BCUT2D eigenvalue weighted by Gasteiger charge is 2.35. The fourth-order valence-corrected chi connectivity index (χ4v) is 3.60. The molecular weight excluding hydrogens is 274 g/mol. The molecule has 112 valence electrons. The first-order chi connectivity index (χ1) is 10.8. The van der Waals surface area contributed by atoms with Crippen LogP contribution in [0, 0.1) is 11.8 Å². The van der Waals surface area contributed by atoms with Crippen LogP contribution in [0.15, 0.2) is 54.3 Å². The average molecular weight is 293 g/mol. The van der Waals surface area contributed by atoms with Crippen molar-refractivity contribution < 1.29 is 9.53 Å². The molecule has 0 unspecified atom stereocenters. The summed E-state index contributed by atoms with van der Waals surface area (Å²) in [6.07, 6.45) is 12.0. The van der Waals surface area contributed by atoms with Gasteiger partial charge in [0.05, 0.1) is 6.26 Å². The summed E-state index contributed by atoms with van der Waals surface area (Å²) in [5.41, 5.74) is 1.66. The molecular formula is C19H19NO2. The normalized spacial score (nSPS) is 25.8. The Bertz CT molecular complexity index is 670. The maximum Gasteiger partial charge on any atom is 0.254 e. The van der Waals surface area contributed by atoms with E-state index in [0.717, 1.165) is 37.2 Å². The molecule has 1 aromatic carbocycles. The molecule has 3 nitrogen and oxygen atoms in total. The van der Waals surface area contributed by atoms with Gasteiger partial charge in [-0.2, -0.15) is 0 Å². The van der Waals surface area contributed by atoms with E-state index < -0.39 is 0 Å². The van der Waals surface area contributed by atoms with Crippen LogP contribution >= 0.6 is 0 Å². The quantitative estimate of drug-likeness (QED) is 0.743. The smallest absolute Gasteiger partial charge is 0.254 e. The molecule has 3 aliphatic rings. The van der Waals surface area contributed by atoms with Crippen LogP contribution in [-0.4, -0.2) is 23.9 Å². The van der Waals surface area contributed by atoms with Crippen molar-refractivity contribution in [2.45, 2.75) is 12.8 Å². The number of nitrogens with zero attached hydrogens (tertiary/aromatic N) is 1. The number of likely N-dealkylation sites (tertiary alicyclic amines) is 1. The first-order valence-electron chi connectivity index (χ1n) is 7.89. The molecule has 22 heavy (non-hydrogen) atoms. The summed E-state index contributed by atoms with van der Waals surface area (Å²) in [5, 5.41) is 0. The Morgan fingerprint density at radius 1 is 1.09 bits per heavy atom. The lowest BCUT2D eigenvalue weighted by Gasteiger charge is -2.17. The van der Waals surface area contributed by atoms with E-state index in [1.807, 2.05) is 35.2 Å². The second kappa shape index (κ2) is 5.48. The van der Waals surface area contributed by atoms with E-state index in [4.69, 9.17) is 4.74 Å². The second-order valence-electron chi connectivity index (χ2n) is 6.23. The summed E-state index contributed by atoms with van der Waals surface area (Å²) in [6, 6.07) is 7.79. The fourth-order valence-electron chi connectivity index (χ4n) is 3.60. The number of ether oxygens (including phenoxy) is 1. The van der Waals surface area contributed by atoms with E-state index >= 15 is 0 Å². The Morgan fingerprint density at radius 3 is 2.59 bits per heavy atom. The van der Waals surface area contributed by atoms with Crippen LogP contribution in [0.25, 0.3) is 6.08 Å². The number of fused-ring (bicyclic) bond motifs is 2. The third kappa shape index (κ3) is 2.37. The Labute approximate surface area is 130 Å². The molecule has 1 saturated heterocycles. The van der Waals surface area contributed by atoms with Gasteiger partial charge in [0.15, 0.2) is 0 Å². The monoisotopic (exact) mass is 293 g/mol. The lowest BCUT2D eigenvalue weighted by atomic mass is 9.86. The molecule has 0 bridgehead atoms. The Kier molecular flexibility index (Phi) is 3.34. The Hall–Kier alpha value is -2.29. The van der Waals surface area contributed by atoms with Gasteiger partial charge in [0.1, 0.15) is 5.75 Å². The van der Waals surface area contributed by atoms with E-state index in [9.17, 15) is 4.79 Å². The molecule has 0 spiro atoms. The van der Waals surface area contributed by atoms with Gasteiger partial charge in [-0.25, -0.2) is 0 Å². The highest BCUT2D eigenvalue weighted by molar-refractivity contribution is 6.01. The summed E-state index contributed by atoms with van der Waals surface area (Å²) in [5.74, 6) is 2.17. The molecule has 0 aromatic heterocycles. The molecule has 1 aromatic rings. The molecule has 4 rings (SSSR count). The third-order valence-corrected chi connectivity index (χ3v) is 4.83. The van der Waals surface area contributed by atoms with E-state index in [-0.39, 0.29) is 5.91 Å². The van der Waals surface area contributed by atoms with E-state index in [0.29, 0.717) is 17.4 Å². The number of hydrogen-bond acceptors (Lipinski definition) is 2. The average Bonchev–Trinajstić information content (AvgIpc) is 2.86. The fraction of sp³-hybridized carbons (Fsp3) is 0.316.